The molecule has 1 N–H and O–H groups in total. The van der Waals surface area contributed by atoms with Crippen LogP contribution in [0, 0.1) is 0 Å². The van der Waals surface area contributed by atoms with Crippen molar-refractivity contribution in [1.29, 1.82) is 0 Å². The highest BCUT2D eigenvalue weighted by molar-refractivity contribution is 5.55. The normalized spacial score (nSPS) is 10.6. The number of nitrogens with one attached hydrogen (secondary N) is 1. The van der Waals surface area contributed by atoms with Gasteiger partial charge in [0, 0.05) is 6.54 Å². The molecule has 0 fully saturated rings. The number of benzene rings is 1. The van der Waals surface area contributed by atoms with Gasteiger partial charge >= 0.3 is 0 Å². The molecule has 0 bridgehead atoms. The largest absolute Gasteiger partial charge is 0.316 e. The minimum Gasteiger partial charge on any atom is -0.316 e. The molecule has 1 rings (SSSR count). The molecule has 76 valence electrons. The Bertz CT molecular complexity index is 313. The Kier molecular flexibility index (Phi) is 3.90. The van der Waals surface area contributed by atoms with E-state index in [4.69, 9.17) is 0 Å². The molecule has 1 heteroatoms. The lowest BCUT2D eigenvalue weighted by molar-refractivity contribution is 0.774. The highest BCUT2D eigenvalue weighted by atomic mass is 14.8. The fourth-order valence-electron chi connectivity index (χ4n) is 1.74. The van der Waals surface area contributed by atoms with Crippen LogP contribution in [0.1, 0.15) is 36.5 Å². The van der Waals surface area contributed by atoms with E-state index in [1.807, 2.05) is 13.1 Å². The van der Waals surface area contributed by atoms with Crippen LogP contribution in [0.25, 0.3) is 6.08 Å². The van der Waals surface area contributed by atoms with Gasteiger partial charge in [-0.3, -0.25) is 0 Å². The first-order valence-corrected chi connectivity index (χ1v) is 5.09. The molecular formula is C13H19N. The van der Waals surface area contributed by atoms with Gasteiger partial charge < -0.3 is 5.32 Å². The maximum absolute atomic E-state index is 3.85. The third-order valence-electron chi connectivity index (χ3n) is 2.44. The van der Waals surface area contributed by atoms with E-state index in [1.54, 1.807) is 0 Å². The van der Waals surface area contributed by atoms with Crippen LogP contribution in [0.2, 0.25) is 0 Å². The van der Waals surface area contributed by atoms with Crippen LogP contribution in [-0.4, -0.2) is 7.05 Å². The summed E-state index contributed by atoms with van der Waals surface area (Å²) < 4.78 is 0. The monoisotopic (exact) mass is 189 g/mol. The quantitative estimate of drug-likeness (QED) is 0.767. The average molecular weight is 189 g/mol. The number of hydrogen-bond acceptors (Lipinski definition) is 1. The Hall–Kier alpha value is -1.08. The second-order valence-corrected chi connectivity index (χ2v) is 3.80. The Balaban J connectivity index is 3.20. The van der Waals surface area contributed by atoms with Gasteiger partial charge in [0.15, 0.2) is 0 Å². The van der Waals surface area contributed by atoms with E-state index < -0.39 is 0 Å². The summed E-state index contributed by atoms with van der Waals surface area (Å²) >= 11 is 0. The van der Waals surface area contributed by atoms with Crippen LogP contribution in [0.3, 0.4) is 0 Å². The number of rotatable bonds is 4. The van der Waals surface area contributed by atoms with Gasteiger partial charge in [0.25, 0.3) is 0 Å². The molecule has 0 heterocycles. The van der Waals surface area contributed by atoms with Gasteiger partial charge in [-0.2, -0.15) is 0 Å². The van der Waals surface area contributed by atoms with E-state index in [1.165, 1.54) is 16.7 Å². The smallest absolute Gasteiger partial charge is 0.0211 e. The third-order valence-corrected chi connectivity index (χ3v) is 2.44. The predicted octanol–water partition coefficient (Wildman–Crippen LogP) is 3.17. The third kappa shape index (κ3) is 2.24. The topological polar surface area (TPSA) is 12.0 Å². The summed E-state index contributed by atoms with van der Waals surface area (Å²) in [5.41, 5.74) is 4.03. The Labute approximate surface area is 86.8 Å². The summed E-state index contributed by atoms with van der Waals surface area (Å²) in [6, 6.07) is 6.42. The SMILES string of the molecule is C=Cc1cccc(C(C)C)c1CNC. The highest BCUT2D eigenvalue weighted by Gasteiger charge is 2.08. The molecule has 0 aliphatic heterocycles. The number of hydrogen-bond donors (Lipinski definition) is 1. The summed E-state index contributed by atoms with van der Waals surface area (Å²) in [6.45, 7) is 9.21. The van der Waals surface area contributed by atoms with Crippen molar-refractivity contribution in [3.8, 4) is 0 Å². The van der Waals surface area contributed by atoms with Gasteiger partial charge in [0.2, 0.25) is 0 Å². The van der Waals surface area contributed by atoms with Crippen molar-refractivity contribution in [2.75, 3.05) is 7.05 Å². The summed E-state index contributed by atoms with van der Waals surface area (Å²) in [5.74, 6) is 0.568. The van der Waals surface area contributed by atoms with Gasteiger partial charge in [-0.15, -0.1) is 0 Å². The second-order valence-electron chi connectivity index (χ2n) is 3.80. The molecule has 0 aliphatic rings. The van der Waals surface area contributed by atoms with Gasteiger partial charge in [0.05, 0.1) is 0 Å². The minimum atomic E-state index is 0.568. The first-order valence-electron chi connectivity index (χ1n) is 5.09. The summed E-state index contributed by atoms with van der Waals surface area (Å²) in [4.78, 5) is 0. The van der Waals surface area contributed by atoms with Crippen molar-refractivity contribution >= 4 is 6.08 Å². The molecule has 0 unspecified atom stereocenters. The van der Waals surface area contributed by atoms with E-state index in [9.17, 15) is 0 Å². The van der Waals surface area contributed by atoms with Crippen LogP contribution in [0.5, 0.6) is 0 Å². The maximum atomic E-state index is 3.85. The molecule has 0 saturated heterocycles. The van der Waals surface area contributed by atoms with Crippen molar-refractivity contribution in [3.05, 3.63) is 41.5 Å². The van der Waals surface area contributed by atoms with Gasteiger partial charge in [-0.25, -0.2) is 0 Å². The van der Waals surface area contributed by atoms with E-state index in [0.717, 1.165) is 6.54 Å². The van der Waals surface area contributed by atoms with E-state index in [2.05, 4.69) is 43.9 Å². The zero-order valence-corrected chi connectivity index (χ0v) is 9.30. The van der Waals surface area contributed by atoms with Crippen molar-refractivity contribution in [2.24, 2.45) is 0 Å². The first-order chi connectivity index (χ1) is 6.70. The molecule has 0 radical (unpaired) electrons. The van der Waals surface area contributed by atoms with Crippen LogP contribution >= 0.6 is 0 Å². The van der Waals surface area contributed by atoms with Gasteiger partial charge in [-0.1, -0.05) is 44.7 Å². The molecule has 0 aromatic heterocycles. The predicted molar refractivity (Wildman–Crippen MR) is 63.4 cm³/mol. The van der Waals surface area contributed by atoms with Gasteiger partial charge in [0.1, 0.15) is 0 Å². The molecule has 0 atom stereocenters. The standard InChI is InChI=1S/C13H19N/c1-5-11-7-6-8-12(10(2)3)13(11)9-14-4/h5-8,10,14H,1,9H2,2-4H3. The zero-order valence-electron chi connectivity index (χ0n) is 9.30. The fourth-order valence-corrected chi connectivity index (χ4v) is 1.74. The molecule has 1 aromatic rings. The molecule has 1 aromatic carbocycles. The molecule has 0 saturated carbocycles. The fraction of sp³-hybridized carbons (Fsp3) is 0.385. The summed E-state index contributed by atoms with van der Waals surface area (Å²) in [7, 11) is 1.98. The highest BCUT2D eigenvalue weighted by Crippen LogP contribution is 2.23. The average Bonchev–Trinajstić information content (AvgIpc) is 2.18. The zero-order chi connectivity index (χ0) is 10.6. The molecule has 14 heavy (non-hydrogen) atoms. The Morgan fingerprint density at radius 1 is 1.43 bits per heavy atom. The second kappa shape index (κ2) is 4.97. The lowest BCUT2D eigenvalue weighted by Crippen LogP contribution is -2.10. The summed E-state index contributed by atoms with van der Waals surface area (Å²) in [5, 5.41) is 3.21. The van der Waals surface area contributed by atoms with Crippen LogP contribution in [-0.2, 0) is 6.54 Å². The van der Waals surface area contributed by atoms with E-state index in [0.29, 0.717) is 5.92 Å². The van der Waals surface area contributed by atoms with Crippen LogP contribution < -0.4 is 5.32 Å². The lowest BCUT2D eigenvalue weighted by Gasteiger charge is -2.15. The van der Waals surface area contributed by atoms with Crippen molar-refractivity contribution in [3.63, 3.8) is 0 Å². The maximum Gasteiger partial charge on any atom is 0.0211 e. The van der Waals surface area contributed by atoms with Crippen LogP contribution in [0.15, 0.2) is 24.8 Å². The van der Waals surface area contributed by atoms with E-state index in [-0.39, 0.29) is 0 Å². The minimum absolute atomic E-state index is 0.568. The molecule has 0 amide bonds. The molecule has 0 spiro atoms. The van der Waals surface area contributed by atoms with Gasteiger partial charge in [-0.05, 0) is 29.7 Å². The Morgan fingerprint density at radius 2 is 2.14 bits per heavy atom. The van der Waals surface area contributed by atoms with E-state index >= 15 is 0 Å². The summed E-state index contributed by atoms with van der Waals surface area (Å²) in [6.07, 6.45) is 1.93. The Morgan fingerprint density at radius 3 is 2.64 bits per heavy atom. The van der Waals surface area contributed by atoms with Crippen molar-refractivity contribution < 1.29 is 0 Å². The molecule has 0 aliphatic carbocycles. The van der Waals surface area contributed by atoms with Crippen molar-refractivity contribution in [2.45, 2.75) is 26.3 Å². The lowest BCUT2D eigenvalue weighted by atomic mass is 9.93. The molecule has 1 nitrogen and oxygen atoms in total. The first kappa shape index (κ1) is 11.0. The van der Waals surface area contributed by atoms with Crippen LogP contribution in [0.4, 0.5) is 0 Å². The van der Waals surface area contributed by atoms with Crippen molar-refractivity contribution in [1.82, 2.24) is 5.32 Å². The molecular weight excluding hydrogens is 170 g/mol.